The normalized spacial score (nSPS) is 13.3. The Kier molecular flexibility index (Phi) is 9.25. The first-order chi connectivity index (χ1) is 18.1. The molecule has 0 bridgehead atoms. The summed E-state index contributed by atoms with van der Waals surface area (Å²) in [7, 11) is 0. The largest absolute Gasteiger partial charge is 0.444 e. The van der Waals surface area contributed by atoms with E-state index in [2.05, 4.69) is 9.97 Å². The second-order valence-electron chi connectivity index (χ2n) is 8.61. The minimum absolute atomic E-state index is 0.355. The van der Waals surface area contributed by atoms with Gasteiger partial charge in [-0.3, -0.25) is 11.5 Å². The van der Waals surface area contributed by atoms with Crippen molar-refractivity contribution < 1.29 is 19.1 Å². The zero-order valence-electron chi connectivity index (χ0n) is 19.9. The van der Waals surface area contributed by atoms with Crippen molar-refractivity contribution in [3.8, 4) is 0 Å². The summed E-state index contributed by atoms with van der Waals surface area (Å²) in [5.41, 5.74) is 15.5. The third-order valence-electron chi connectivity index (χ3n) is 5.90. The van der Waals surface area contributed by atoms with E-state index in [1.54, 1.807) is 24.3 Å². The second kappa shape index (κ2) is 12.4. The van der Waals surface area contributed by atoms with Crippen molar-refractivity contribution in [1.29, 1.82) is 0 Å². The zero-order valence-corrected chi connectivity index (χ0v) is 22.9. The molecule has 38 heavy (non-hydrogen) atoms. The molecular formula is C26H24Cl4N4O4. The van der Waals surface area contributed by atoms with Crippen molar-refractivity contribution >= 4 is 80.1 Å². The molecule has 0 spiro atoms. The van der Waals surface area contributed by atoms with Gasteiger partial charge in [0, 0.05) is 59.2 Å². The molecule has 12 heteroatoms. The van der Waals surface area contributed by atoms with E-state index < -0.39 is 24.4 Å². The lowest BCUT2D eigenvalue weighted by molar-refractivity contribution is -0.145. The highest BCUT2D eigenvalue weighted by atomic mass is 35.5. The van der Waals surface area contributed by atoms with Gasteiger partial charge in [0.2, 0.25) is 0 Å². The Hall–Kier alpha value is -2.72. The Morgan fingerprint density at radius 1 is 0.711 bits per heavy atom. The summed E-state index contributed by atoms with van der Waals surface area (Å²) in [5, 5.41) is 3.62. The molecule has 0 fully saturated rings. The molecule has 0 aliphatic rings. The summed E-state index contributed by atoms with van der Waals surface area (Å²) in [4.78, 5) is 30.4. The van der Waals surface area contributed by atoms with Crippen LogP contribution in [0.25, 0.3) is 21.8 Å². The van der Waals surface area contributed by atoms with Gasteiger partial charge in [0.05, 0.1) is 20.1 Å². The van der Waals surface area contributed by atoms with Crippen LogP contribution in [0.5, 0.6) is 0 Å². The van der Waals surface area contributed by atoms with Crippen molar-refractivity contribution in [3.63, 3.8) is 0 Å². The van der Waals surface area contributed by atoms with Crippen molar-refractivity contribution in [2.45, 2.75) is 38.1 Å². The molecule has 2 aromatic heterocycles. The number of esters is 2. The summed E-state index contributed by atoms with van der Waals surface area (Å²) in [6.07, 6.45) is 5.58. The number of carbonyl (C=O) groups excluding carboxylic acids is 2. The first kappa shape index (κ1) is 28.3. The highest BCUT2D eigenvalue weighted by Gasteiger charge is 2.14. The fraction of sp³-hybridized carbons (Fsp3) is 0.231. The lowest BCUT2D eigenvalue weighted by atomic mass is 10.1. The predicted octanol–water partition coefficient (Wildman–Crippen LogP) is 6.04. The molecule has 0 radical (unpaired) electrons. The van der Waals surface area contributed by atoms with Gasteiger partial charge >= 0.3 is 11.9 Å². The molecule has 2 heterocycles. The molecule has 2 aromatic carbocycles. The van der Waals surface area contributed by atoms with Crippen LogP contribution in [0.1, 0.15) is 24.0 Å². The van der Waals surface area contributed by atoms with Gasteiger partial charge in [-0.1, -0.05) is 46.4 Å². The second-order valence-corrected chi connectivity index (χ2v) is 10.2. The summed E-state index contributed by atoms with van der Waals surface area (Å²) in [6, 6.07) is 7.03. The SMILES string of the molecule is NC(CCc1c[nH]c2cc(Cl)c(Cl)cc12)OC(=O)/C=C/C(=O)OC(N)CCc1c[nH]c2cc(Cl)c(Cl)cc12. The lowest BCUT2D eigenvalue weighted by Crippen LogP contribution is -2.28. The van der Waals surface area contributed by atoms with Gasteiger partial charge in [-0.15, -0.1) is 0 Å². The number of aromatic amines is 2. The van der Waals surface area contributed by atoms with Crippen LogP contribution < -0.4 is 11.5 Å². The Labute approximate surface area is 238 Å². The van der Waals surface area contributed by atoms with Gasteiger partial charge in [-0.05, 0) is 48.2 Å². The predicted molar refractivity (Wildman–Crippen MR) is 151 cm³/mol. The first-order valence-corrected chi connectivity index (χ1v) is 13.1. The number of ether oxygens (including phenoxy) is 2. The molecule has 0 amide bonds. The summed E-state index contributed by atoms with van der Waals surface area (Å²) < 4.78 is 10.3. The molecule has 0 saturated carbocycles. The van der Waals surface area contributed by atoms with E-state index in [1.165, 1.54) is 0 Å². The monoisotopic (exact) mass is 596 g/mol. The average Bonchev–Trinajstić information content (AvgIpc) is 3.44. The van der Waals surface area contributed by atoms with Crippen LogP contribution in [0.4, 0.5) is 0 Å². The molecule has 8 nitrogen and oxygen atoms in total. The van der Waals surface area contributed by atoms with Crippen LogP contribution in [-0.2, 0) is 31.9 Å². The summed E-state index contributed by atoms with van der Waals surface area (Å²) >= 11 is 24.3. The van der Waals surface area contributed by atoms with Gasteiger partial charge in [0.15, 0.2) is 12.5 Å². The Bertz CT molecular complexity index is 1400. The molecule has 0 aliphatic carbocycles. The van der Waals surface area contributed by atoms with Crippen molar-refractivity contribution in [3.05, 3.63) is 80.0 Å². The number of aromatic nitrogens is 2. The molecule has 2 atom stereocenters. The number of fused-ring (bicyclic) bond motifs is 2. The van der Waals surface area contributed by atoms with E-state index in [-0.39, 0.29) is 0 Å². The number of benzene rings is 2. The van der Waals surface area contributed by atoms with E-state index in [0.29, 0.717) is 45.8 Å². The van der Waals surface area contributed by atoms with Crippen LogP contribution >= 0.6 is 46.4 Å². The highest BCUT2D eigenvalue weighted by Crippen LogP contribution is 2.31. The van der Waals surface area contributed by atoms with E-state index >= 15 is 0 Å². The fourth-order valence-corrected chi connectivity index (χ4v) is 4.64. The van der Waals surface area contributed by atoms with Gasteiger partial charge in [0.25, 0.3) is 0 Å². The molecule has 2 unspecified atom stereocenters. The number of aryl methyl sites for hydroxylation is 2. The number of nitrogens with one attached hydrogen (secondary N) is 2. The molecule has 200 valence electrons. The maximum absolute atomic E-state index is 12.1. The maximum Gasteiger partial charge on any atom is 0.332 e. The number of carbonyl (C=O) groups is 2. The Morgan fingerprint density at radius 2 is 1.08 bits per heavy atom. The summed E-state index contributed by atoms with van der Waals surface area (Å²) in [6.45, 7) is 0. The number of H-pyrrole nitrogens is 2. The fourth-order valence-electron chi connectivity index (χ4n) is 3.99. The van der Waals surface area contributed by atoms with Crippen molar-refractivity contribution in [2.24, 2.45) is 11.5 Å². The topological polar surface area (TPSA) is 136 Å². The quantitative estimate of drug-likeness (QED) is 0.0999. The Balaban J connectivity index is 1.21. The van der Waals surface area contributed by atoms with Crippen LogP contribution in [-0.4, -0.2) is 34.4 Å². The van der Waals surface area contributed by atoms with Gasteiger partial charge in [-0.2, -0.15) is 0 Å². The van der Waals surface area contributed by atoms with E-state index in [1.807, 2.05) is 12.4 Å². The van der Waals surface area contributed by atoms with Gasteiger partial charge < -0.3 is 19.4 Å². The van der Waals surface area contributed by atoms with Crippen molar-refractivity contribution in [2.75, 3.05) is 0 Å². The smallest absolute Gasteiger partial charge is 0.332 e. The average molecular weight is 598 g/mol. The van der Waals surface area contributed by atoms with Crippen LogP contribution in [0, 0.1) is 0 Å². The molecular weight excluding hydrogens is 574 g/mol. The number of hydrogen-bond donors (Lipinski definition) is 4. The van der Waals surface area contributed by atoms with E-state index in [9.17, 15) is 9.59 Å². The standard InChI is InChI=1S/C26H24Cl4N4O4/c27-17-7-15-13(11-33-21(15)9-19(17)29)1-3-23(31)37-25(35)5-6-26(36)38-24(32)4-2-14-12-34-22-10-20(30)18(28)8-16(14)22/h5-12,23-24,33-34H,1-4,31-32H2/b6-5+. The molecule has 6 N–H and O–H groups in total. The van der Waals surface area contributed by atoms with Crippen LogP contribution in [0.3, 0.4) is 0 Å². The van der Waals surface area contributed by atoms with Gasteiger partial charge in [-0.25, -0.2) is 9.59 Å². The molecule has 0 saturated heterocycles. The van der Waals surface area contributed by atoms with Gasteiger partial charge in [0.1, 0.15) is 0 Å². The highest BCUT2D eigenvalue weighted by molar-refractivity contribution is 6.43. The first-order valence-electron chi connectivity index (χ1n) is 11.6. The zero-order chi connectivity index (χ0) is 27.4. The maximum atomic E-state index is 12.1. The Morgan fingerprint density at radius 3 is 1.47 bits per heavy atom. The lowest BCUT2D eigenvalue weighted by Gasteiger charge is -2.12. The van der Waals surface area contributed by atoms with E-state index in [0.717, 1.165) is 45.1 Å². The van der Waals surface area contributed by atoms with Crippen LogP contribution in [0.2, 0.25) is 20.1 Å². The van der Waals surface area contributed by atoms with Crippen molar-refractivity contribution in [1.82, 2.24) is 9.97 Å². The third-order valence-corrected chi connectivity index (χ3v) is 7.35. The minimum atomic E-state index is -0.877. The van der Waals surface area contributed by atoms with Crippen LogP contribution in [0.15, 0.2) is 48.8 Å². The molecule has 4 rings (SSSR count). The third kappa shape index (κ3) is 7.02. The summed E-state index contributed by atoms with van der Waals surface area (Å²) in [5.74, 6) is -1.54. The molecule has 4 aromatic rings. The minimum Gasteiger partial charge on any atom is -0.444 e. The number of nitrogens with two attached hydrogens (primary N) is 2. The molecule has 0 aliphatic heterocycles. The number of hydrogen-bond acceptors (Lipinski definition) is 6. The van der Waals surface area contributed by atoms with E-state index in [4.69, 9.17) is 67.3 Å². The number of halogens is 4. The number of rotatable bonds is 10.